The molecule has 0 spiro atoms. The number of nitrogens with zero attached hydrogens (tertiary/aromatic N) is 2. The van der Waals surface area contributed by atoms with E-state index >= 15 is 0 Å². The molecule has 0 bridgehead atoms. The van der Waals surface area contributed by atoms with E-state index in [0.717, 1.165) is 25.0 Å². The van der Waals surface area contributed by atoms with Gasteiger partial charge in [0.25, 0.3) is 0 Å². The van der Waals surface area contributed by atoms with Crippen LogP contribution >= 0.6 is 0 Å². The van der Waals surface area contributed by atoms with Crippen LogP contribution in [0.5, 0.6) is 0 Å². The first kappa shape index (κ1) is 16.9. The Morgan fingerprint density at radius 3 is 2.21 bits per heavy atom. The van der Waals surface area contributed by atoms with Gasteiger partial charge in [0.15, 0.2) is 0 Å². The van der Waals surface area contributed by atoms with Crippen LogP contribution in [-0.2, 0) is 0 Å². The predicted molar refractivity (Wildman–Crippen MR) is 84.7 cm³/mol. The van der Waals surface area contributed by atoms with Crippen molar-refractivity contribution >= 4 is 0 Å². The third-order valence-electron chi connectivity index (χ3n) is 4.62. The van der Waals surface area contributed by atoms with Gasteiger partial charge in [-0.05, 0) is 72.3 Å². The van der Waals surface area contributed by atoms with E-state index in [1.165, 1.54) is 51.6 Å². The second-order valence-corrected chi connectivity index (χ2v) is 6.47. The molecule has 1 N–H and O–H groups in total. The average molecular weight is 269 g/mol. The second kappa shape index (κ2) is 9.73. The zero-order valence-electron chi connectivity index (χ0n) is 13.6. The molecule has 0 atom stereocenters. The minimum atomic E-state index is 0.839. The van der Waals surface area contributed by atoms with Crippen molar-refractivity contribution in [1.29, 1.82) is 0 Å². The van der Waals surface area contributed by atoms with E-state index in [2.05, 4.69) is 43.2 Å². The zero-order valence-corrected chi connectivity index (χ0v) is 13.6. The maximum absolute atomic E-state index is 3.56. The average Bonchev–Trinajstić information content (AvgIpc) is 2.42. The van der Waals surface area contributed by atoms with Crippen molar-refractivity contribution in [2.75, 3.05) is 47.3 Å². The molecule has 3 nitrogen and oxygen atoms in total. The summed E-state index contributed by atoms with van der Waals surface area (Å²) >= 11 is 0. The van der Waals surface area contributed by atoms with Gasteiger partial charge >= 0.3 is 0 Å². The summed E-state index contributed by atoms with van der Waals surface area (Å²) in [7, 11) is 6.58. The first-order valence-electron chi connectivity index (χ1n) is 8.19. The molecule has 114 valence electrons. The molecule has 1 aliphatic carbocycles. The van der Waals surface area contributed by atoms with Crippen LogP contribution in [-0.4, -0.2) is 63.2 Å². The third-order valence-corrected chi connectivity index (χ3v) is 4.62. The van der Waals surface area contributed by atoms with Crippen LogP contribution in [0.4, 0.5) is 0 Å². The summed E-state index contributed by atoms with van der Waals surface area (Å²) in [5.74, 6) is 1.01. The molecule has 1 aliphatic rings. The highest BCUT2D eigenvalue weighted by Crippen LogP contribution is 2.28. The Balaban J connectivity index is 2.00. The Kier molecular flexibility index (Phi) is 8.67. The summed E-state index contributed by atoms with van der Waals surface area (Å²) in [6.45, 7) is 7.01. The number of nitrogens with one attached hydrogen (secondary N) is 1. The van der Waals surface area contributed by atoms with Gasteiger partial charge in [-0.2, -0.15) is 0 Å². The van der Waals surface area contributed by atoms with Gasteiger partial charge < -0.3 is 15.1 Å². The normalized spacial score (nSPS) is 24.3. The molecular weight excluding hydrogens is 234 g/mol. The monoisotopic (exact) mass is 269 g/mol. The number of hydrogen-bond donors (Lipinski definition) is 1. The second-order valence-electron chi connectivity index (χ2n) is 6.47. The molecule has 0 heterocycles. The molecule has 0 aliphatic heterocycles. The van der Waals surface area contributed by atoms with Gasteiger partial charge in [0.05, 0.1) is 0 Å². The Morgan fingerprint density at radius 2 is 1.63 bits per heavy atom. The number of likely N-dealkylation sites (N-methyl/N-ethyl adjacent to an activating group) is 1. The van der Waals surface area contributed by atoms with Crippen molar-refractivity contribution < 1.29 is 0 Å². The topological polar surface area (TPSA) is 18.5 Å². The summed E-state index contributed by atoms with van der Waals surface area (Å²) in [5, 5.41) is 3.56. The first-order chi connectivity index (χ1) is 9.13. The summed E-state index contributed by atoms with van der Waals surface area (Å²) in [5.41, 5.74) is 0. The van der Waals surface area contributed by atoms with Crippen LogP contribution in [0.15, 0.2) is 0 Å². The van der Waals surface area contributed by atoms with Gasteiger partial charge in [-0.15, -0.1) is 0 Å². The molecular formula is C16H35N3. The standard InChI is InChI=1S/C16H35N3/c1-5-15-7-9-16(10-8-15)19(4)14-12-17-11-6-13-18(2)3/h15-17H,5-14H2,1-4H3. The molecule has 0 saturated heterocycles. The molecule has 3 heteroatoms. The smallest absolute Gasteiger partial charge is 0.0107 e. The molecule has 0 unspecified atom stereocenters. The van der Waals surface area contributed by atoms with Crippen molar-refractivity contribution in [1.82, 2.24) is 15.1 Å². The lowest BCUT2D eigenvalue weighted by Gasteiger charge is -2.34. The van der Waals surface area contributed by atoms with Gasteiger partial charge in [0.1, 0.15) is 0 Å². The van der Waals surface area contributed by atoms with Crippen LogP contribution in [0.2, 0.25) is 0 Å². The third kappa shape index (κ3) is 7.28. The summed E-state index contributed by atoms with van der Waals surface area (Å²) in [6, 6.07) is 0.839. The highest BCUT2D eigenvalue weighted by molar-refractivity contribution is 4.77. The van der Waals surface area contributed by atoms with Gasteiger partial charge in [0.2, 0.25) is 0 Å². The predicted octanol–water partition coefficient (Wildman–Crippen LogP) is 2.43. The van der Waals surface area contributed by atoms with E-state index in [1.54, 1.807) is 0 Å². The molecule has 0 amide bonds. The zero-order chi connectivity index (χ0) is 14.1. The minimum Gasteiger partial charge on any atom is -0.315 e. The van der Waals surface area contributed by atoms with Gasteiger partial charge in [-0.1, -0.05) is 13.3 Å². The Hall–Kier alpha value is -0.120. The van der Waals surface area contributed by atoms with Crippen LogP contribution in [0.1, 0.15) is 45.4 Å². The van der Waals surface area contributed by atoms with E-state index < -0.39 is 0 Å². The van der Waals surface area contributed by atoms with Crippen molar-refractivity contribution in [3.8, 4) is 0 Å². The minimum absolute atomic E-state index is 0.839. The van der Waals surface area contributed by atoms with E-state index in [1.807, 2.05) is 0 Å². The van der Waals surface area contributed by atoms with E-state index in [4.69, 9.17) is 0 Å². The molecule has 0 aromatic heterocycles. The quantitative estimate of drug-likeness (QED) is 0.649. The number of rotatable bonds is 9. The molecule has 1 fully saturated rings. The fraction of sp³-hybridized carbons (Fsp3) is 1.00. The van der Waals surface area contributed by atoms with Gasteiger partial charge in [0, 0.05) is 19.1 Å². The fourth-order valence-corrected chi connectivity index (χ4v) is 3.08. The van der Waals surface area contributed by atoms with Crippen molar-refractivity contribution in [3.63, 3.8) is 0 Å². The Morgan fingerprint density at radius 1 is 0.947 bits per heavy atom. The van der Waals surface area contributed by atoms with Gasteiger partial charge in [-0.3, -0.25) is 0 Å². The SMILES string of the molecule is CCC1CCC(N(C)CCNCCCN(C)C)CC1. The molecule has 19 heavy (non-hydrogen) atoms. The van der Waals surface area contributed by atoms with Crippen molar-refractivity contribution in [2.45, 2.75) is 51.5 Å². The van der Waals surface area contributed by atoms with Crippen LogP contribution < -0.4 is 5.32 Å². The van der Waals surface area contributed by atoms with Crippen molar-refractivity contribution in [3.05, 3.63) is 0 Å². The summed E-state index contributed by atoms with van der Waals surface area (Å²) < 4.78 is 0. The molecule has 0 aromatic carbocycles. The van der Waals surface area contributed by atoms with Crippen LogP contribution in [0, 0.1) is 5.92 Å². The first-order valence-corrected chi connectivity index (χ1v) is 8.19. The van der Waals surface area contributed by atoms with E-state index in [-0.39, 0.29) is 0 Å². The van der Waals surface area contributed by atoms with Crippen LogP contribution in [0.25, 0.3) is 0 Å². The largest absolute Gasteiger partial charge is 0.315 e. The fourth-order valence-electron chi connectivity index (χ4n) is 3.08. The molecule has 0 radical (unpaired) electrons. The Labute approximate surface area is 120 Å². The van der Waals surface area contributed by atoms with E-state index in [9.17, 15) is 0 Å². The molecule has 1 rings (SSSR count). The molecule has 0 aromatic rings. The summed E-state index contributed by atoms with van der Waals surface area (Å²) in [4.78, 5) is 4.82. The highest BCUT2D eigenvalue weighted by atomic mass is 15.1. The van der Waals surface area contributed by atoms with E-state index in [0.29, 0.717) is 0 Å². The Bertz CT molecular complexity index is 210. The maximum Gasteiger partial charge on any atom is 0.0107 e. The highest BCUT2D eigenvalue weighted by Gasteiger charge is 2.22. The molecule has 1 saturated carbocycles. The van der Waals surface area contributed by atoms with Crippen molar-refractivity contribution in [2.24, 2.45) is 5.92 Å². The lowest BCUT2D eigenvalue weighted by Crippen LogP contribution is -2.39. The summed E-state index contributed by atoms with van der Waals surface area (Å²) in [6.07, 6.45) is 8.34. The van der Waals surface area contributed by atoms with Crippen LogP contribution in [0.3, 0.4) is 0 Å². The van der Waals surface area contributed by atoms with Gasteiger partial charge in [-0.25, -0.2) is 0 Å². The number of hydrogen-bond acceptors (Lipinski definition) is 3. The lowest BCUT2D eigenvalue weighted by molar-refractivity contribution is 0.164. The lowest BCUT2D eigenvalue weighted by atomic mass is 9.84. The maximum atomic E-state index is 3.56.